The summed E-state index contributed by atoms with van der Waals surface area (Å²) in [7, 11) is 4.36. The fourth-order valence-corrected chi connectivity index (χ4v) is 4.16. The molecule has 1 unspecified atom stereocenters. The Morgan fingerprint density at radius 2 is 2.20 bits per heavy atom. The molecule has 4 nitrogen and oxygen atoms in total. The van der Waals surface area contributed by atoms with E-state index in [1.54, 1.807) is 0 Å². The first-order valence-corrected chi connectivity index (χ1v) is 8.55. The van der Waals surface area contributed by atoms with Gasteiger partial charge in [-0.15, -0.1) is 0 Å². The van der Waals surface area contributed by atoms with Gasteiger partial charge in [-0.1, -0.05) is 13.3 Å². The monoisotopic (exact) mass is 294 g/mol. The predicted molar refractivity (Wildman–Crippen MR) is 87.6 cm³/mol. The molecule has 0 amide bonds. The summed E-state index contributed by atoms with van der Waals surface area (Å²) in [5, 5.41) is 3.54. The summed E-state index contributed by atoms with van der Waals surface area (Å²) >= 11 is 2.04. The van der Waals surface area contributed by atoms with E-state index >= 15 is 0 Å². The lowest BCUT2D eigenvalue weighted by atomic mass is 9.97. The maximum atomic E-state index is 4.52. The second kappa shape index (κ2) is 6.76. The molecule has 0 bridgehead atoms. The Balaban J connectivity index is 2.06. The van der Waals surface area contributed by atoms with Crippen LogP contribution in [0.4, 0.5) is 5.82 Å². The maximum absolute atomic E-state index is 4.52. The molecule has 1 N–H and O–H groups in total. The fraction of sp³-hybridized carbons (Fsp3) is 0.733. The van der Waals surface area contributed by atoms with E-state index in [0.717, 1.165) is 36.7 Å². The van der Waals surface area contributed by atoms with Crippen LogP contribution < -0.4 is 5.32 Å². The highest BCUT2D eigenvalue weighted by Crippen LogP contribution is 2.32. The first-order chi connectivity index (χ1) is 9.55. The molecular weight excluding hydrogens is 268 g/mol. The molecule has 0 saturated carbocycles. The highest BCUT2D eigenvalue weighted by Gasteiger charge is 2.36. The van der Waals surface area contributed by atoms with E-state index in [2.05, 4.69) is 47.3 Å². The highest BCUT2D eigenvalue weighted by molar-refractivity contribution is 7.99. The topological polar surface area (TPSA) is 41.0 Å². The van der Waals surface area contributed by atoms with Crippen LogP contribution in [0.5, 0.6) is 0 Å². The van der Waals surface area contributed by atoms with Gasteiger partial charge in [-0.25, -0.2) is 9.97 Å². The summed E-state index contributed by atoms with van der Waals surface area (Å²) in [5.41, 5.74) is 1.40. The number of hydrogen-bond donors (Lipinski definition) is 1. The number of aromatic nitrogens is 2. The second-order valence-corrected chi connectivity index (χ2v) is 6.92. The van der Waals surface area contributed by atoms with Crippen molar-refractivity contribution >= 4 is 17.6 Å². The minimum Gasteiger partial charge on any atom is -0.368 e. The van der Waals surface area contributed by atoms with Crippen molar-refractivity contribution in [1.82, 2.24) is 14.9 Å². The van der Waals surface area contributed by atoms with E-state index in [-0.39, 0.29) is 5.54 Å². The average Bonchev–Trinajstić information content (AvgIpc) is 2.86. The standard InChI is InChI=1S/C15H26N4S/c1-5-6-13-9-14(18-12(2)17-13)16-10-15(19(3)4)7-8-20-11-15/h9H,5-8,10-11H2,1-4H3,(H,16,17,18). The largest absolute Gasteiger partial charge is 0.368 e. The van der Waals surface area contributed by atoms with Crippen molar-refractivity contribution in [2.24, 2.45) is 0 Å². The zero-order chi connectivity index (χ0) is 14.6. The Hall–Kier alpha value is -0.810. The minimum atomic E-state index is 0.258. The quantitative estimate of drug-likeness (QED) is 0.873. The third-order valence-corrected chi connectivity index (χ3v) is 5.26. The van der Waals surface area contributed by atoms with Crippen LogP contribution in [0.3, 0.4) is 0 Å². The van der Waals surface area contributed by atoms with Crippen LogP contribution in [0.2, 0.25) is 0 Å². The van der Waals surface area contributed by atoms with Crippen molar-refractivity contribution < 1.29 is 0 Å². The lowest BCUT2D eigenvalue weighted by molar-refractivity contribution is 0.195. The van der Waals surface area contributed by atoms with Crippen molar-refractivity contribution in [1.29, 1.82) is 0 Å². The van der Waals surface area contributed by atoms with Gasteiger partial charge in [0.25, 0.3) is 0 Å². The van der Waals surface area contributed by atoms with Crippen molar-refractivity contribution in [2.75, 3.05) is 37.5 Å². The molecule has 1 atom stereocenters. The van der Waals surface area contributed by atoms with E-state index in [1.807, 2.05) is 18.7 Å². The molecule has 1 aromatic heterocycles. The van der Waals surface area contributed by atoms with Crippen molar-refractivity contribution in [3.63, 3.8) is 0 Å². The van der Waals surface area contributed by atoms with Crippen LogP contribution in [0.1, 0.15) is 31.3 Å². The summed E-state index contributed by atoms with van der Waals surface area (Å²) in [5.74, 6) is 4.28. The van der Waals surface area contributed by atoms with Gasteiger partial charge in [0.05, 0.1) is 0 Å². The molecule has 0 aromatic carbocycles. The van der Waals surface area contributed by atoms with Gasteiger partial charge in [-0.3, -0.25) is 0 Å². The molecule has 1 aliphatic heterocycles. The minimum absolute atomic E-state index is 0.258. The number of thioether (sulfide) groups is 1. The van der Waals surface area contributed by atoms with E-state index < -0.39 is 0 Å². The molecule has 1 saturated heterocycles. The molecule has 0 radical (unpaired) electrons. The Bertz CT molecular complexity index is 441. The lowest BCUT2D eigenvalue weighted by Gasteiger charge is -2.36. The SMILES string of the molecule is CCCc1cc(NCC2(N(C)C)CCSC2)nc(C)n1. The highest BCUT2D eigenvalue weighted by atomic mass is 32.2. The smallest absolute Gasteiger partial charge is 0.129 e. The third-order valence-electron chi connectivity index (χ3n) is 4.03. The summed E-state index contributed by atoms with van der Waals surface area (Å²) in [6, 6.07) is 2.10. The Morgan fingerprint density at radius 3 is 2.80 bits per heavy atom. The van der Waals surface area contributed by atoms with Crippen LogP contribution >= 0.6 is 11.8 Å². The number of aryl methyl sites for hydroxylation is 2. The van der Waals surface area contributed by atoms with Gasteiger partial charge in [0.2, 0.25) is 0 Å². The Kier molecular flexibility index (Phi) is 5.27. The summed E-state index contributed by atoms with van der Waals surface area (Å²) < 4.78 is 0. The molecule has 112 valence electrons. The van der Waals surface area contributed by atoms with Gasteiger partial charge in [0.1, 0.15) is 11.6 Å². The molecule has 1 aromatic rings. The van der Waals surface area contributed by atoms with Crippen LogP contribution in [-0.4, -0.2) is 52.6 Å². The second-order valence-electron chi connectivity index (χ2n) is 5.82. The van der Waals surface area contributed by atoms with E-state index in [4.69, 9.17) is 0 Å². The number of anilines is 1. The lowest BCUT2D eigenvalue weighted by Crippen LogP contribution is -2.49. The summed E-state index contributed by atoms with van der Waals surface area (Å²) in [6.07, 6.45) is 3.38. The number of rotatable bonds is 6. The van der Waals surface area contributed by atoms with Crippen LogP contribution in [0.15, 0.2) is 6.07 Å². The van der Waals surface area contributed by atoms with Gasteiger partial charge in [-0.2, -0.15) is 11.8 Å². The number of likely N-dealkylation sites (N-methyl/N-ethyl adjacent to an activating group) is 1. The van der Waals surface area contributed by atoms with Gasteiger partial charge >= 0.3 is 0 Å². The molecule has 0 spiro atoms. The van der Waals surface area contributed by atoms with E-state index in [9.17, 15) is 0 Å². The Labute approximate surface area is 126 Å². The fourth-order valence-electron chi connectivity index (χ4n) is 2.61. The zero-order valence-corrected chi connectivity index (χ0v) is 13.9. The number of hydrogen-bond acceptors (Lipinski definition) is 5. The van der Waals surface area contributed by atoms with Crippen molar-refractivity contribution in [3.05, 3.63) is 17.6 Å². The van der Waals surface area contributed by atoms with E-state index in [1.165, 1.54) is 17.9 Å². The third kappa shape index (κ3) is 3.64. The Morgan fingerprint density at radius 1 is 1.40 bits per heavy atom. The first kappa shape index (κ1) is 15.6. The van der Waals surface area contributed by atoms with Crippen LogP contribution in [-0.2, 0) is 6.42 Å². The first-order valence-electron chi connectivity index (χ1n) is 7.39. The van der Waals surface area contributed by atoms with E-state index in [0.29, 0.717) is 0 Å². The molecule has 0 aliphatic carbocycles. The molecule has 1 fully saturated rings. The molecule has 2 heterocycles. The summed E-state index contributed by atoms with van der Waals surface area (Å²) in [6.45, 7) is 5.10. The van der Waals surface area contributed by atoms with Crippen molar-refractivity contribution in [3.8, 4) is 0 Å². The maximum Gasteiger partial charge on any atom is 0.129 e. The predicted octanol–water partition coefficient (Wildman–Crippen LogP) is 2.59. The van der Waals surface area contributed by atoms with Gasteiger partial charge in [0, 0.05) is 29.6 Å². The average molecular weight is 294 g/mol. The van der Waals surface area contributed by atoms with Crippen molar-refractivity contribution in [2.45, 2.75) is 38.6 Å². The molecular formula is C15H26N4S. The zero-order valence-electron chi connectivity index (χ0n) is 13.1. The van der Waals surface area contributed by atoms with Gasteiger partial charge in [0.15, 0.2) is 0 Å². The number of nitrogens with one attached hydrogen (secondary N) is 1. The number of nitrogens with zero attached hydrogens (tertiary/aromatic N) is 3. The van der Waals surface area contributed by atoms with Crippen LogP contribution in [0, 0.1) is 6.92 Å². The van der Waals surface area contributed by atoms with Gasteiger partial charge < -0.3 is 10.2 Å². The molecule has 20 heavy (non-hydrogen) atoms. The summed E-state index contributed by atoms with van der Waals surface area (Å²) in [4.78, 5) is 11.4. The normalized spacial score (nSPS) is 22.4. The molecule has 1 aliphatic rings. The van der Waals surface area contributed by atoms with Gasteiger partial charge in [-0.05, 0) is 39.6 Å². The molecule has 2 rings (SSSR count). The van der Waals surface area contributed by atoms with Crippen LogP contribution in [0.25, 0.3) is 0 Å². The molecule has 5 heteroatoms.